The summed E-state index contributed by atoms with van der Waals surface area (Å²) in [5.74, 6) is 0.0490. The van der Waals surface area contributed by atoms with Crippen molar-refractivity contribution in [1.29, 1.82) is 5.26 Å². The van der Waals surface area contributed by atoms with Gasteiger partial charge >= 0.3 is 0 Å². The average molecular weight is 516 g/mol. The van der Waals surface area contributed by atoms with Crippen LogP contribution in [0, 0.1) is 11.3 Å². The van der Waals surface area contributed by atoms with Crippen LogP contribution in [-0.4, -0.2) is 27.2 Å². The lowest BCUT2D eigenvalue weighted by Crippen LogP contribution is -2.50. The van der Waals surface area contributed by atoms with Crippen molar-refractivity contribution in [3.05, 3.63) is 70.7 Å². The summed E-state index contributed by atoms with van der Waals surface area (Å²) in [5, 5.41) is 23.3. The SMILES string of the molecule is CC(C)(O)C(=O)NC1CC2(CCCCC2)Oc2nc(-c3ccccc3Cl)c(-c3ccc(C#N)cc3)cc21. The summed E-state index contributed by atoms with van der Waals surface area (Å²) in [4.78, 5) is 17.9. The zero-order valence-electron chi connectivity index (χ0n) is 21.1. The number of benzene rings is 2. The van der Waals surface area contributed by atoms with Gasteiger partial charge in [-0.3, -0.25) is 4.79 Å². The van der Waals surface area contributed by atoms with Crippen molar-refractivity contribution in [2.24, 2.45) is 0 Å². The molecule has 2 aliphatic rings. The van der Waals surface area contributed by atoms with Crippen LogP contribution in [0.3, 0.4) is 0 Å². The highest BCUT2D eigenvalue weighted by molar-refractivity contribution is 6.33. The minimum absolute atomic E-state index is 0.370. The molecule has 190 valence electrons. The summed E-state index contributed by atoms with van der Waals surface area (Å²) in [6, 6.07) is 18.7. The van der Waals surface area contributed by atoms with Crippen LogP contribution in [0.2, 0.25) is 5.02 Å². The third-order valence-corrected chi connectivity index (χ3v) is 7.69. The van der Waals surface area contributed by atoms with Gasteiger partial charge in [-0.05, 0) is 69.4 Å². The first-order valence-corrected chi connectivity index (χ1v) is 13.1. The Morgan fingerprint density at radius 1 is 1.14 bits per heavy atom. The Morgan fingerprint density at radius 3 is 2.49 bits per heavy atom. The quantitative estimate of drug-likeness (QED) is 0.422. The van der Waals surface area contributed by atoms with Gasteiger partial charge in [0.2, 0.25) is 5.88 Å². The van der Waals surface area contributed by atoms with E-state index in [2.05, 4.69) is 11.4 Å². The van der Waals surface area contributed by atoms with Gasteiger partial charge in [0, 0.05) is 28.1 Å². The summed E-state index contributed by atoms with van der Waals surface area (Å²) in [5.41, 5.74) is 2.54. The number of nitrogens with one attached hydrogen (secondary N) is 1. The van der Waals surface area contributed by atoms with E-state index in [1.807, 2.05) is 42.5 Å². The van der Waals surface area contributed by atoms with Crippen molar-refractivity contribution < 1.29 is 14.6 Å². The van der Waals surface area contributed by atoms with Gasteiger partial charge in [0.05, 0.1) is 23.4 Å². The van der Waals surface area contributed by atoms with Gasteiger partial charge in [0.15, 0.2) is 0 Å². The number of hydrogen-bond acceptors (Lipinski definition) is 5. The molecule has 0 radical (unpaired) electrons. The fraction of sp³-hybridized carbons (Fsp3) is 0.367. The van der Waals surface area contributed by atoms with Crippen molar-refractivity contribution in [3.8, 4) is 34.3 Å². The van der Waals surface area contributed by atoms with Gasteiger partial charge in [0.25, 0.3) is 5.91 Å². The number of carbonyl (C=O) groups excluding carboxylic acids is 1. The fourth-order valence-corrected chi connectivity index (χ4v) is 5.57. The van der Waals surface area contributed by atoms with Crippen molar-refractivity contribution in [1.82, 2.24) is 10.3 Å². The Kier molecular flexibility index (Phi) is 6.70. The van der Waals surface area contributed by atoms with Crippen LogP contribution < -0.4 is 10.1 Å². The van der Waals surface area contributed by atoms with E-state index in [-0.39, 0.29) is 6.04 Å². The van der Waals surface area contributed by atoms with E-state index in [1.165, 1.54) is 13.8 Å². The minimum Gasteiger partial charge on any atom is -0.471 e. The van der Waals surface area contributed by atoms with Gasteiger partial charge < -0.3 is 15.2 Å². The Bertz CT molecular complexity index is 1370. The van der Waals surface area contributed by atoms with Crippen LogP contribution in [0.1, 0.15) is 69.5 Å². The number of pyridine rings is 1. The second kappa shape index (κ2) is 9.81. The number of aliphatic hydroxyl groups is 1. The second-order valence-electron chi connectivity index (χ2n) is 10.6. The van der Waals surface area contributed by atoms with Crippen LogP contribution in [0.4, 0.5) is 0 Å². The van der Waals surface area contributed by atoms with E-state index in [0.717, 1.165) is 54.4 Å². The lowest BCUT2D eigenvalue weighted by atomic mass is 9.77. The van der Waals surface area contributed by atoms with Crippen LogP contribution in [0.5, 0.6) is 5.88 Å². The maximum Gasteiger partial charge on any atom is 0.251 e. The molecule has 5 rings (SSSR count). The molecule has 2 heterocycles. The van der Waals surface area contributed by atoms with Gasteiger partial charge in [-0.2, -0.15) is 5.26 Å². The number of amides is 1. The second-order valence-corrected chi connectivity index (χ2v) is 11.0. The highest BCUT2D eigenvalue weighted by Gasteiger charge is 2.44. The molecule has 1 aromatic heterocycles. The number of halogens is 1. The number of carbonyl (C=O) groups is 1. The predicted molar refractivity (Wildman–Crippen MR) is 143 cm³/mol. The first-order valence-electron chi connectivity index (χ1n) is 12.7. The lowest BCUT2D eigenvalue weighted by molar-refractivity contribution is -0.138. The third-order valence-electron chi connectivity index (χ3n) is 7.36. The summed E-state index contributed by atoms with van der Waals surface area (Å²) in [7, 11) is 0. The highest BCUT2D eigenvalue weighted by Crippen LogP contribution is 2.48. The van der Waals surface area contributed by atoms with Crippen molar-refractivity contribution in [2.75, 3.05) is 0 Å². The molecule has 37 heavy (non-hydrogen) atoms. The number of nitriles is 1. The molecule has 1 atom stereocenters. The van der Waals surface area contributed by atoms with E-state index in [4.69, 9.17) is 21.3 Å². The highest BCUT2D eigenvalue weighted by atomic mass is 35.5. The molecular weight excluding hydrogens is 486 g/mol. The Labute approximate surface area is 222 Å². The molecule has 7 heteroatoms. The number of nitrogens with zero attached hydrogens (tertiary/aromatic N) is 2. The zero-order valence-corrected chi connectivity index (χ0v) is 21.8. The van der Waals surface area contributed by atoms with Gasteiger partial charge in [-0.15, -0.1) is 0 Å². The molecule has 0 bridgehead atoms. The molecule has 1 fully saturated rings. The van der Waals surface area contributed by atoms with Crippen LogP contribution >= 0.6 is 11.6 Å². The number of fused-ring (bicyclic) bond motifs is 1. The molecule has 1 amide bonds. The summed E-state index contributed by atoms with van der Waals surface area (Å²) in [6.45, 7) is 2.97. The third kappa shape index (κ3) is 5.07. The van der Waals surface area contributed by atoms with Gasteiger partial charge in [-0.25, -0.2) is 4.98 Å². The largest absolute Gasteiger partial charge is 0.471 e. The normalized spacial score (nSPS) is 18.4. The average Bonchev–Trinajstić information content (AvgIpc) is 2.88. The van der Waals surface area contributed by atoms with Gasteiger partial charge in [-0.1, -0.05) is 48.4 Å². The molecule has 1 aliphatic heterocycles. The van der Waals surface area contributed by atoms with Crippen molar-refractivity contribution >= 4 is 17.5 Å². The molecule has 1 aliphatic carbocycles. The molecule has 3 aromatic rings. The molecule has 6 nitrogen and oxygen atoms in total. The van der Waals surface area contributed by atoms with E-state index in [0.29, 0.717) is 28.6 Å². The summed E-state index contributed by atoms with van der Waals surface area (Å²) >= 11 is 6.63. The fourth-order valence-electron chi connectivity index (χ4n) is 5.34. The predicted octanol–water partition coefficient (Wildman–Crippen LogP) is 6.35. The monoisotopic (exact) mass is 515 g/mol. The first kappa shape index (κ1) is 25.3. The maximum atomic E-state index is 12.9. The Morgan fingerprint density at radius 2 is 1.84 bits per heavy atom. The molecule has 0 saturated heterocycles. The minimum atomic E-state index is -1.51. The lowest BCUT2D eigenvalue weighted by Gasteiger charge is -2.44. The molecule has 1 spiro atoms. The summed E-state index contributed by atoms with van der Waals surface area (Å²) in [6.07, 6.45) is 5.67. The van der Waals surface area contributed by atoms with E-state index in [1.54, 1.807) is 12.1 Å². The van der Waals surface area contributed by atoms with E-state index < -0.39 is 17.1 Å². The Balaban J connectivity index is 1.70. The maximum absolute atomic E-state index is 12.9. The van der Waals surface area contributed by atoms with Crippen molar-refractivity contribution in [3.63, 3.8) is 0 Å². The number of aromatic nitrogens is 1. The van der Waals surface area contributed by atoms with E-state index >= 15 is 0 Å². The standard InChI is InChI=1S/C30H30ClN3O3/c1-29(2,36)28(35)33-25-17-30(14-6-3-7-15-30)37-27-23(25)16-22(20-12-10-19(18-32)11-13-20)26(34-27)21-8-4-5-9-24(21)31/h4-5,8-13,16,25,36H,3,6-7,14-15,17H2,1-2H3,(H,33,35). The number of ether oxygens (including phenoxy) is 1. The molecule has 1 saturated carbocycles. The zero-order chi connectivity index (χ0) is 26.2. The molecule has 2 N–H and O–H groups in total. The molecular formula is C30H30ClN3O3. The first-order chi connectivity index (χ1) is 17.7. The van der Waals surface area contributed by atoms with Crippen LogP contribution in [-0.2, 0) is 4.79 Å². The smallest absolute Gasteiger partial charge is 0.251 e. The van der Waals surface area contributed by atoms with E-state index in [9.17, 15) is 15.2 Å². The van der Waals surface area contributed by atoms with Gasteiger partial charge in [0.1, 0.15) is 11.2 Å². The Hall–Kier alpha value is -3.40. The van der Waals surface area contributed by atoms with Crippen LogP contribution in [0.15, 0.2) is 54.6 Å². The molecule has 1 unspecified atom stereocenters. The van der Waals surface area contributed by atoms with Crippen LogP contribution in [0.25, 0.3) is 22.4 Å². The number of rotatable bonds is 4. The molecule has 2 aromatic carbocycles. The number of hydrogen-bond donors (Lipinski definition) is 2. The van der Waals surface area contributed by atoms with Crippen molar-refractivity contribution in [2.45, 2.75) is 69.6 Å². The topological polar surface area (TPSA) is 95.2 Å². The summed E-state index contributed by atoms with van der Waals surface area (Å²) < 4.78 is 6.68.